The normalized spacial score (nSPS) is 16.2. The summed E-state index contributed by atoms with van der Waals surface area (Å²) in [6.07, 6.45) is 4.69. The molecule has 6 rings (SSSR count). The van der Waals surface area contributed by atoms with Crippen molar-refractivity contribution in [3.8, 4) is 5.75 Å². The van der Waals surface area contributed by atoms with Crippen molar-refractivity contribution in [1.82, 2.24) is 19.4 Å². The minimum Gasteiger partial charge on any atom is -0.493 e. The second-order valence-corrected chi connectivity index (χ2v) is 14.3. The molecular weight excluding hydrogens is 709 g/mol. The van der Waals surface area contributed by atoms with Gasteiger partial charge in [-0.05, 0) is 79.3 Å². The molecule has 0 saturated heterocycles. The number of carbonyl (C=O) groups is 1. The van der Waals surface area contributed by atoms with Crippen LogP contribution in [0.5, 0.6) is 5.75 Å². The standard InChI is InChI=1S/C36H37ClFN5O4S2.C2H6/c1-22-15-31-32(37)9-8-30-29(35(36(45)46)41(2)34(30)31)5-4-13-47-33-19-27(17-23-16-24(38)6-7-28(23)33)49-21-26-18-25(40-42(26)3)20-48-14-10-39-43(22)11-12-44;1-2/h6-10,15-19,44H,4-5,11-14,20-21H2,1-3H3,(H,45,46);1-2H3/b22-15+,39-10+;. The number of aromatic carboxylic acids is 1. The zero-order valence-electron chi connectivity index (χ0n) is 29.4. The van der Waals surface area contributed by atoms with Crippen LogP contribution in [0, 0.1) is 5.82 Å². The zero-order valence-corrected chi connectivity index (χ0v) is 31.8. The van der Waals surface area contributed by atoms with E-state index in [1.54, 1.807) is 52.3 Å². The topological polar surface area (TPSA) is 105 Å². The largest absolute Gasteiger partial charge is 0.493 e. The van der Waals surface area contributed by atoms with E-state index in [4.69, 9.17) is 21.4 Å². The fourth-order valence-electron chi connectivity index (χ4n) is 6.19. The Morgan fingerprint density at radius 3 is 2.63 bits per heavy atom. The summed E-state index contributed by atoms with van der Waals surface area (Å²) in [5.74, 6) is 1.30. The smallest absolute Gasteiger partial charge is 0.352 e. The maximum absolute atomic E-state index is 14.3. The van der Waals surface area contributed by atoms with Gasteiger partial charge in [0.15, 0.2) is 0 Å². The summed E-state index contributed by atoms with van der Waals surface area (Å²) in [6, 6.07) is 14.4. The molecule has 51 heavy (non-hydrogen) atoms. The number of allylic oxidation sites excluding steroid dienone is 1. The minimum absolute atomic E-state index is 0.0991. The number of fused-ring (bicyclic) bond motifs is 6. The second-order valence-electron chi connectivity index (χ2n) is 11.8. The Labute approximate surface area is 311 Å². The number of aliphatic hydroxyl groups is 1. The van der Waals surface area contributed by atoms with Crippen LogP contribution in [0.25, 0.3) is 27.8 Å². The highest BCUT2D eigenvalue weighted by molar-refractivity contribution is 7.99. The van der Waals surface area contributed by atoms with Gasteiger partial charge in [0.2, 0.25) is 0 Å². The molecule has 0 radical (unpaired) electrons. The molecule has 0 atom stereocenters. The number of ether oxygens (including phenoxy) is 1. The van der Waals surface area contributed by atoms with Gasteiger partial charge in [-0.25, -0.2) is 9.18 Å². The Morgan fingerprint density at radius 1 is 1.08 bits per heavy atom. The average Bonchev–Trinajstić information content (AvgIpc) is 3.61. The number of carboxylic acid groups (broad SMARTS) is 1. The molecule has 5 aromatic rings. The highest BCUT2D eigenvalue weighted by atomic mass is 35.5. The number of aryl methyl sites for hydroxylation is 3. The van der Waals surface area contributed by atoms with Crippen molar-refractivity contribution < 1.29 is 24.1 Å². The zero-order chi connectivity index (χ0) is 36.7. The molecule has 13 heteroatoms. The highest BCUT2D eigenvalue weighted by Gasteiger charge is 2.23. The second kappa shape index (κ2) is 17.5. The predicted molar refractivity (Wildman–Crippen MR) is 209 cm³/mol. The highest BCUT2D eigenvalue weighted by Crippen LogP contribution is 2.37. The lowest BCUT2D eigenvalue weighted by Crippen LogP contribution is -2.19. The fourth-order valence-corrected chi connectivity index (χ4v) is 8.02. The van der Waals surface area contributed by atoms with E-state index in [1.807, 2.05) is 63.0 Å². The SMILES string of the molecule is C/C1=C\c2c(Cl)ccc3c(c(C(=O)O)n(C)c23)CCCOc2cc(cc3cc(F)ccc23)SCc2cc(nn2C)CSC/C=N/N1CCO.CC. The van der Waals surface area contributed by atoms with Crippen molar-refractivity contribution in [2.24, 2.45) is 19.2 Å². The summed E-state index contributed by atoms with van der Waals surface area (Å²) in [7, 11) is 3.67. The number of carboxylic acids is 1. The number of β-amino-alcohol motifs (C(OH)–C–C–N with tert-alkyl or cyclic N) is 1. The van der Waals surface area contributed by atoms with Gasteiger partial charge in [-0.2, -0.15) is 10.2 Å². The van der Waals surface area contributed by atoms with Gasteiger partial charge < -0.3 is 19.5 Å². The summed E-state index contributed by atoms with van der Waals surface area (Å²) >= 11 is 10.1. The maximum atomic E-state index is 14.3. The number of nitrogens with zero attached hydrogens (tertiary/aromatic N) is 5. The maximum Gasteiger partial charge on any atom is 0.352 e. The van der Waals surface area contributed by atoms with Gasteiger partial charge in [0.05, 0.1) is 31.0 Å². The Bertz CT molecular complexity index is 2090. The molecule has 3 heterocycles. The lowest BCUT2D eigenvalue weighted by atomic mass is 10.0. The monoisotopic (exact) mass is 751 g/mol. The lowest BCUT2D eigenvalue weighted by molar-refractivity contribution is 0.0685. The first-order valence-electron chi connectivity index (χ1n) is 16.8. The third kappa shape index (κ3) is 8.74. The van der Waals surface area contributed by atoms with E-state index in [0.717, 1.165) is 38.1 Å². The van der Waals surface area contributed by atoms with E-state index in [-0.39, 0.29) is 24.7 Å². The summed E-state index contributed by atoms with van der Waals surface area (Å²) in [6.45, 7) is 6.40. The molecule has 0 unspecified atom stereocenters. The van der Waals surface area contributed by atoms with E-state index in [0.29, 0.717) is 64.1 Å². The van der Waals surface area contributed by atoms with Crippen molar-refractivity contribution in [3.05, 3.63) is 93.3 Å². The summed E-state index contributed by atoms with van der Waals surface area (Å²) in [5, 5.41) is 34.0. The van der Waals surface area contributed by atoms with Crippen LogP contribution < -0.4 is 4.74 Å². The first-order chi connectivity index (χ1) is 24.6. The van der Waals surface area contributed by atoms with Crippen LogP contribution in [-0.4, -0.2) is 67.3 Å². The third-order valence-electron chi connectivity index (χ3n) is 8.48. The summed E-state index contributed by atoms with van der Waals surface area (Å²) < 4.78 is 24.2. The number of hydrazone groups is 1. The predicted octanol–water partition coefficient (Wildman–Crippen LogP) is 8.77. The number of hydrogen-bond donors (Lipinski definition) is 2. The van der Waals surface area contributed by atoms with Crippen LogP contribution in [0.15, 0.2) is 64.2 Å². The molecule has 2 aromatic heterocycles. The summed E-state index contributed by atoms with van der Waals surface area (Å²) in [4.78, 5) is 13.6. The molecule has 0 fully saturated rings. The summed E-state index contributed by atoms with van der Waals surface area (Å²) in [5.41, 5.74) is 5.02. The van der Waals surface area contributed by atoms with Crippen LogP contribution in [0.3, 0.4) is 0 Å². The van der Waals surface area contributed by atoms with E-state index in [2.05, 4.69) is 11.2 Å². The van der Waals surface area contributed by atoms with E-state index in [9.17, 15) is 19.4 Å². The Kier molecular flexibility index (Phi) is 13.1. The molecule has 0 amide bonds. The van der Waals surface area contributed by atoms with Crippen molar-refractivity contribution >= 4 is 75.1 Å². The van der Waals surface area contributed by atoms with Crippen LogP contribution >= 0.6 is 35.1 Å². The number of aliphatic hydroxyl groups excluding tert-OH is 1. The molecular formula is C38H43ClFN5O4S2. The molecule has 1 aliphatic rings. The first-order valence-corrected chi connectivity index (χ1v) is 19.4. The van der Waals surface area contributed by atoms with Crippen LogP contribution in [0.1, 0.15) is 60.2 Å². The van der Waals surface area contributed by atoms with Gasteiger partial charge in [-0.1, -0.05) is 31.5 Å². The van der Waals surface area contributed by atoms with E-state index in [1.165, 1.54) is 12.1 Å². The lowest BCUT2D eigenvalue weighted by Gasteiger charge is -2.19. The molecule has 270 valence electrons. The molecule has 0 aliphatic carbocycles. The molecule has 3 aromatic carbocycles. The Hall–Kier alpha value is -3.97. The van der Waals surface area contributed by atoms with Gasteiger partial charge in [0.1, 0.15) is 17.3 Å². The van der Waals surface area contributed by atoms with Gasteiger partial charge in [-0.15, -0.1) is 23.5 Å². The van der Waals surface area contributed by atoms with Crippen LogP contribution in [0.2, 0.25) is 5.02 Å². The van der Waals surface area contributed by atoms with Crippen molar-refractivity contribution in [1.29, 1.82) is 0 Å². The number of hydrogen-bond acceptors (Lipinski definition) is 8. The molecule has 1 aliphatic heterocycles. The van der Waals surface area contributed by atoms with Gasteiger partial charge in [0, 0.05) is 75.2 Å². The molecule has 8 bridgehead atoms. The number of aromatic nitrogens is 3. The van der Waals surface area contributed by atoms with Gasteiger partial charge >= 0.3 is 5.97 Å². The number of rotatable bonds is 3. The number of halogens is 2. The van der Waals surface area contributed by atoms with E-state index < -0.39 is 5.97 Å². The van der Waals surface area contributed by atoms with E-state index >= 15 is 0 Å². The average molecular weight is 752 g/mol. The quantitative estimate of drug-likeness (QED) is 0.189. The van der Waals surface area contributed by atoms with Crippen LogP contribution in [0.4, 0.5) is 4.39 Å². The minimum atomic E-state index is -1.03. The fraction of sp³-hybridized carbons (Fsp3) is 0.342. The molecule has 0 spiro atoms. The Balaban J connectivity index is 0.00000248. The van der Waals surface area contributed by atoms with Crippen molar-refractivity contribution in [3.63, 3.8) is 0 Å². The van der Waals surface area contributed by atoms with Gasteiger partial charge in [-0.3, -0.25) is 9.69 Å². The van der Waals surface area contributed by atoms with Crippen molar-refractivity contribution in [2.75, 3.05) is 25.5 Å². The van der Waals surface area contributed by atoms with Crippen molar-refractivity contribution in [2.45, 2.75) is 50.0 Å². The molecule has 9 nitrogen and oxygen atoms in total. The Morgan fingerprint density at radius 2 is 1.86 bits per heavy atom. The number of benzene rings is 3. The molecule has 0 saturated carbocycles. The molecule has 2 N–H and O–H groups in total. The van der Waals surface area contributed by atoms with Crippen LogP contribution in [-0.2, 0) is 32.0 Å². The first kappa shape index (κ1) is 38.3. The third-order valence-corrected chi connectivity index (χ3v) is 10.7. The van der Waals surface area contributed by atoms with Gasteiger partial charge in [0.25, 0.3) is 0 Å². The number of thioether (sulfide) groups is 2.